The number of nitrogens with zero attached hydrogens (tertiary/aromatic N) is 1. The Morgan fingerprint density at radius 2 is 2.00 bits per heavy atom. The Balaban J connectivity index is 2.65. The van der Waals surface area contributed by atoms with Crippen molar-refractivity contribution < 1.29 is 0 Å². The highest BCUT2D eigenvalue weighted by Crippen LogP contribution is 2.24. The largest absolute Gasteiger partial charge is 0.341 e. The van der Waals surface area contributed by atoms with Gasteiger partial charge in [0.2, 0.25) is 0 Å². The average molecular weight is 216 g/mol. The molecule has 0 radical (unpaired) electrons. The molecule has 0 bridgehead atoms. The third-order valence-electron chi connectivity index (χ3n) is 2.95. The van der Waals surface area contributed by atoms with Crippen molar-refractivity contribution in [1.29, 1.82) is 0 Å². The van der Waals surface area contributed by atoms with E-state index in [0.29, 0.717) is 6.04 Å². The minimum Gasteiger partial charge on any atom is -0.341 e. The highest BCUT2D eigenvalue weighted by Gasteiger charge is 2.10. The Bertz CT molecular complexity index is 495. The molecule has 0 unspecified atom stereocenters. The van der Waals surface area contributed by atoms with Crippen LogP contribution in [0.25, 0.3) is 10.9 Å². The van der Waals surface area contributed by atoms with Gasteiger partial charge in [-0.3, -0.25) is 0 Å². The van der Waals surface area contributed by atoms with Crippen LogP contribution in [0.1, 0.15) is 31.1 Å². The van der Waals surface area contributed by atoms with Crippen molar-refractivity contribution in [3.8, 4) is 0 Å². The Hall–Kier alpha value is -1.28. The molecular formula is C14H20N2. The molecule has 2 rings (SSSR count). The lowest BCUT2D eigenvalue weighted by molar-refractivity contribution is 0.581. The summed E-state index contributed by atoms with van der Waals surface area (Å²) in [6.07, 6.45) is 0. The van der Waals surface area contributed by atoms with Crippen molar-refractivity contribution in [3.63, 3.8) is 0 Å². The van der Waals surface area contributed by atoms with Gasteiger partial charge in [0.25, 0.3) is 0 Å². The number of hydrogen-bond donors (Lipinski definition) is 1. The summed E-state index contributed by atoms with van der Waals surface area (Å²) in [6, 6.07) is 9.46. The highest BCUT2D eigenvalue weighted by atomic mass is 15.0. The van der Waals surface area contributed by atoms with Gasteiger partial charge in [0, 0.05) is 29.2 Å². The fourth-order valence-corrected chi connectivity index (χ4v) is 2.34. The minimum atomic E-state index is 0.503. The maximum Gasteiger partial charge on any atom is 0.0485 e. The van der Waals surface area contributed by atoms with E-state index in [1.54, 1.807) is 0 Å². The summed E-state index contributed by atoms with van der Waals surface area (Å²) in [5.41, 5.74) is 4.02. The topological polar surface area (TPSA) is 17.0 Å². The zero-order valence-electron chi connectivity index (χ0n) is 10.5. The molecule has 0 amide bonds. The van der Waals surface area contributed by atoms with Gasteiger partial charge >= 0.3 is 0 Å². The molecule has 2 nitrogen and oxygen atoms in total. The van der Waals surface area contributed by atoms with Crippen LogP contribution < -0.4 is 5.32 Å². The predicted octanol–water partition coefficient (Wildman–Crippen LogP) is 3.25. The molecule has 0 atom stereocenters. The third kappa shape index (κ3) is 1.85. The number of rotatable bonds is 3. The Morgan fingerprint density at radius 3 is 2.62 bits per heavy atom. The van der Waals surface area contributed by atoms with Gasteiger partial charge in [-0.1, -0.05) is 11.6 Å². The van der Waals surface area contributed by atoms with Crippen LogP contribution >= 0.6 is 0 Å². The number of nitrogens with one attached hydrogen (secondary N) is 1. The van der Waals surface area contributed by atoms with Gasteiger partial charge < -0.3 is 9.88 Å². The first-order valence-corrected chi connectivity index (χ1v) is 5.88. The van der Waals surface area contributed by atoms with Crippen LogP contribution in [0.2, 0.25) is 0 Å². The molecule has 0 saturated heterocycles. The Morgan fingerprint density at radius 1 is 1.25 bits per heavy atom. The zero-order chi connectivity index (χ0) is 11.7. The van der Waals surface area contributed by atoms with Crippen LogP contribution in [0.15, 0.2) is 24.3 Å². The van der Waals surface area contributed by atoms with Gasteiger partial charge in [-0.05, 0) is 46.0 Å². The fraction of sp³-hybridized carbons (Fsp3) is 0.429. The molecular weight excluding hydrogens is 196 g/mol. The lowest BCUT2D eigenvalue weighted by Crippen LogP contribution is -2.12. The van der Waals surface area contributed by atoms with Crippen LogP contribution in [0.5, 0.6) is 0 Å². The van der Waals surface area contributed by atoms with E-state index in [2.05, 4.69) is 54.9 Å². The molecule has 0 aliphatic rings. The molecule has 2 heteroatoms. The van der Waals surface area contributed by atoms with Crippen LogP contribution in [0, 0.1) is 6.92 Å². The summed E-state index contributed by atoms with van der Waals surface area (Å²) < 4.78 is 2.41. The van der Waals surface area contributed by atoms with Crippen molar-refractivity contribution in [3.05, 3.63) is 35.5 Å². The summed E-state index contributed by atoms with van der Waals surface area (Å²) >= 11 is 0. The summed E-state index contributed by atoms with van der Waals surface area (Å²) in [4.78, 5) is 0. The second-order valence-corrected chi connectivity index (χ2v) is 4.69. The van der Waals surface area contributed by atoms with Gasteiger partial charge in [0.15, 0.2) is 0 Å². The van der Waals surface area contributed by atoms with E-state index in [1.165, 1.54) is 22.2 Å². The number of aryl methyl sites for hydroxylation is 1. The summed E-state index contributed by atoms with van der Waals surface area (Å²) in [5.74, 6) is 0. The normalized spacial score (nSPS) is 11.6. The maximum absolute atomic E-state index is 3.23. The second-order valence-electron chi connectivity index (χ2n) is 4.69. The molecule has 0 spiro atoms. The molecule has 16 heavy (non-hydrogen) atoms. The molecule has 1 aromatic heterocycles. The number of aromatic nitrogens is 1. The van der Waals surface area contributed by atoms with Crippen LogP contribution in [0.4, 0.5) is 0 Å². The molecule has 0 fully saturated rings. The Kier molecular flexibility index (Phi) is 3.01. The molecule has 0 aliphatic heterocycles. The maximum atomic E-state index is 3.23. The van der Waals surface area contributed by atoms with Crippen molar-refractivity contribution in [2.45, 2.75) is 33.4 Å². The van der Waals surface area contributed by atoms with Crippen molar-refractivity contribution >= 4 is 10.9 Å². The smallest absolute Gasteiger partial charge is 0.0485 e. The zero-order valence-corrected chi connectivity index (χ0v) is 10.5. The van der Waals surface area contributed by atoms with Gasteiger partial charge in [0.1, 0.15) is 0 Å². The number of benzene rings is 1. The van der Waals surface area contributed by atoms with E-state index >= 15 is 0 Å². The van der Waals surface area contributed by atoms with Crippen LogP contribution in [-0.2, 0) is 6.54 Å². The standard InChI is InChI=1S/C14H20N2/c1-10(2)16-13(9-15-4)8-12-7-11(3)5-6-14(12)16/h5-8,10,15H,9H2,1-4H3. The first-order chi connectivity index (χ1) is 7.63. The van der Waals surface area contributed by atoms with Gasteiger partial charge in [-0.2, -0.15) is 0 Å². The average Bonchev–Trinajstić information content (AvgIpc) is 2.55. The number of fused-ring (bicyclic) bond motifs is 1. The van der Waals surface area contributed by atoms with Gasteiger partial charge in [-0.25, -0.2) is 0 Å². The summed E-state index contributed by atoms with van der Waals surface area (Å²) in [5, 5.41) is 4.58. The van der Waals surface area contributed by atoms with Crippen LogP contribution in [0.3, 0.4) is 0 Å². The van der Waals surface area contributed by atoms with Crippen LogP contribution in [-0.4, -0.2) is 11.6 Å². The quantitative estimate of drug-likeness (QED) is 0.833. The van der Waals surface area contributed by atoms with Crippen molar-refractivity contribution in [2.24, 2.45) is 0 Å². The first kappa shape index (κ1) is 11.2. The fourth-order valence-electron chi connectivity index (χ4n) is 2.34. The van der Waals surface area contributed by atoms with E-state index in [4.69, 9.17) is 0 Å². The third-order valence-corrected chi connectivity index (χ3v) is 2.95. The molecule has 1 N–H and O–H groups in total. The summed E-state index contributed by atoms with van der Waals surface area (Å²) in [6.45, 7) is 7.53. The molecule has 0 saturated carbocycles. The SMILES string of the molecule is CNCc1cc2cc(C)ccc2n1C(C)C. The molecule has 2 aromatic rings. The predicted molar refractivity (Wildman–Crippen MR) is 69.8 cm³/mol. The van der Waals surface area contributed by atoms with Gasteiger partial charge in [-0.15, -0.1) is 0 Å². The molecule has 1 heterocycles. The first-order valence-electron chi connectivity index (χ1n) is 5.88. The van der Waals surface area contributed by atoms with Crippen molar-refractivity contribution in [1.82, 2.24) is 9.88 Å². The molecule has 86 valence electrons. The van der Waals surface area contributed by atoms with E-state index in [0.717, 1.165) is 6.54 Å². The van der Waals surface area contributed by atoms with E-state index in [1.807, 2.05) is 7.05 Å². The van der Waals surface area contributed by atoms with E-state index in [9.17, 15) is 0 Å². The molecule has 0 aliphatic carbocycles. The van der Waals surface area contributed by atoms with Crippen molar-refractivity contribution in [2.75, 3.05) is 7.05 Å². The lowest BCUT2D eigenvalue weighted by atomic mass is 10.2. The summed E-state index contributed by atoms with van der Waals surface area (Å²) in [7, 11) is 1.99. The second kappa shape index (κ2) is 4.30. The van der Waals surface area contributed by atoms with E-state index < -0.39 is 0 Å². The Labute approximate surface area is 97.3 Å². The highest BCUT2D eigenvalue weighted by molar-refractivity contribution is 5.82. The number of hydrogen-bond acceptors (Lipinski definition) is 1. The lowest BCUT2D eigenvalue weighted by Gasteiger charge is -2.14. The van der Waals surface area contributed by atoms with E-state index in [-0.39, 0.29) is 0 Å². The monoisotopic (exact) mass is 216 g/mol. The van der Waals surface area contributed by atoms with Gasteiger partial charge in [0.05, 0.1) is 0 Å². The minimum absolute atomic E-state index is 0.503. The molecule has 1 aromatic carbocycles.